The largest absolute Gasteiger partial charge is 0.487 e. The van der Waals surface area contributed by atoms with E-state index in [1.54, 1.807) is 0 Å². The molecule has 14 heavy (non-hydrogen) atoms. The maximum atomic E-state index is 6.09. The van der Waals surface area contributed by atoms with Crippen molar-refractivity contribution in [3.8, 4) is 5.75 Å². The van der Waals surface area contributed by atoms with Gasteiger partial charge in [-0.25, -0.2) is 0 Å². The van der Waals surface area contributed by atoms with Crippen LogP contribution in [0.15, 0.2) is 22.7 Å². The number of hydrogen-bond acceptors (Lipinski definition) is 2. The summed E-state index contributed by atoms with van der Waals surface area (Å²) in [6.07, 6.45) is 0.858. The molecule has 1 heterocycles. The minimum absolute atomic E-state index is 0.0752. The Morgan fingerprint density at radius 1 is 1.50 bits per heavy atom. The molecule has 0 saturated heterocycles. The Labute approximate surface area is 92.6 Å². The summed E-state index contributed by atoms with van der Waals surface area (Å²) in [7, 11) is 0. The smallest absolute Gasteiger partial charge is 0.124 e. The molecule has 76 valence electrons. The van der Waals surface area contributed by atoms with Crippen molar-refractivity contribution < 1.29 is 4.74 Å². The Morgan fingerprint density at radius 3 is 2.93 bits per heavy atom. The van der Waals surface area contributed by atoms with Crippen LogP contribution in [-0.4, -0.2) is 5.60 Å². The second kappa shape index (κ2) is 3.24. The predicted molar refractivity (Wildman–Crippen MR) is 60.4 cm³/mol. The quantitative estimate of drug-likeness (QED) is 0.774. The van der Waals surface area contributed by atoms with E-state index >= 15 is 0 Å². The summed E-state index contributed by atoms with van der Waals surface area (Å²) in [5.74, 6) is 0.914. The van der Waals surface area contributed by atoms with Crippen molar-refractivity contribution in [2.75, 3.05) is 0 Å². The molecule has 2 N–H and O–H groups in total. The highest BCUT2D eigenvalue weighted by atomic mass is 79.9. The number of nitrogens with two attached hydrogens (primary N) is 1. The summed E-state index contributed by atoms with van der Waals surface area (Å²) in [4.78, 5) is 0. The molecule has 0 bridgehead atoms. The van der Waals surface area contributed by atoms with E-state index in [0.29, 0.717) is 0 Å². The highest BCUT2D eigenvalue weighted by Crippen LogP contribution is 2.39. The normalized spacial score (nSPS) is 23.9. The van der Waals surface area contributed by atoms with Crippen molar-refractivity contribution >= 4 is 15.9 Å². The van der Waals surface area contributed by atoms with E-state index in [1.807, 2.05) is 18.2 Å². The van der Waals surface area contributed by atoms with Crippen molar-refractivity contribution in [2.45, 2.75) is 31.9 Å². The lowest BCUT2D eigenvalue weighted by Gasteiger charge is -2.36. The van der Waals surface area contributed by atoms with E-state index in [-0.39, 0.29) is 11.6 Å². The van der Waals surface area contributed by atoms with Crippen LogP contribution in [0.3, 0.4) is 0 Å². The first-order chi connectivity index (χ1) is 6.48. The second-order valence-corrected chi connectivity index (χ2v) is 5.27. The summed E-state index contributed by atoms with van der Waals surface area (Å²) < 4.78 is 6.89. The molecule has 3 heteroatoms. The van der Waals surface area contributed by atoms with Gasteiger partial charge in [-0.1, -0.05) is 15.9 Å². The van der Waals surface area contributed by atoms with Crippen LogP contribution < -0.4 is 10.5 Å². The average Bonchev–Trinajstić information content (AvgIpc) is 2.05. The molecule has 1 aromatic carbocycles. The molecule has 0 fully saturated rings. The van der Waals surface area contributed by atoms with Gasteiger partial charge in [0.25, 0.3) is 0 Å². The van der Waals surface area contributed by atoms with Gasteiger partial charge in [0, 0.05) is 22.5 Å². The zero-order chi connectivity index (χ0) is 10.3. The monoisotopic (exact) mass is 255 g/mol. The predicted octanol–water partition coefficient (Wildman–Crippen LogP) is 3.01. The van der Waals surface area contributed by atoms with E-state index in [1.165, 1.54) is 0 Å². The maximum absolute atomic E-state index is 6.09. The first-order valence-electron chi connectivity index (χ1n) is 4.72. The summed E-state index contributed by atoms with van der Waals surface area (Å²) in [6, 6.07) is 6.06. The van der Waals surface area contributed by atoms with E-state index in [9.17, 15) is 0 Å². The third-order valence-electron chi connectivity index (χ3n) is 2.47. The van der Waals surface area contributed by atoms with Crippen LogP contribution in [0.1, 0.15) is 31.9 Å². The Morgan fingerprint density at radius 2 is 2.21 bits per heavy atom. The Bertz CT molecular complexity index is 362. The molecule has 0 aliphatic carbocycles. The lowest BCUT2D eigenvalue weighted by atomic mass is 9.90. The fourth-order valence-corrected chi connectivity index (χ4v) is 2.26. The van der Waals surface area contributed by atoms with Crippen molar-refractivity contribution in [3.63, 3.8) is 0 Å². The van der Waals surface area contributed by atoms with E-state index in [2.05, 4.69) is 29.8 Å². The molecule has 1 aliphatic rings. The topological polar surface area (TPSA) is 35.2 Å². The van der Waals surface area contributed by atoms with E-state index in [4.69, 9.17) is 10.5 Å². The fourth-order valence-electron chi connectivity index (χ4n) is 1.88. The van der Waals surface area contributed by atoms with Gasteiger partial charge in [-0.2, -0.15) is 0 Å². The maximum Gasteiger partial charge on any atom is 0.124 e. The Balaban J connectivity index is 2.45. The lowest BCUT2D eigenvalue weighted by Crippen LogP contribution is -2.37. The lowest BCUT2D eigenvalue weighted by molar-refractivity contribution is 0.0728. The molecule has 1 aliphatic heterocycles. The zero-order valence-corrected chi connectivity index (χ0v) is 9.97. The average molecular weight is 256 g/mol. The van der Waals surface area contributed by atoms with E-state index < -0.39 is 0 Å². The van der Waals surface area contributed by atoms with Crippen LogP contribution in [-0.2, 0) is 0 Å². The third kappa shape index (κ3) is 1.79. The second-order valence-electron chi connectivity index (χ2n) is 4.35. The van der Waals surface area contributed by atoms with Crippen LogP contribution in [0.2, 0.25) is 0 Å². The van der Waals surface area contributed by atoms with Crippen LogP contribution in [0.25, 0.3) is 0 Å². The highest BCUT2D eigenvalue weighted by Gasteiger charge is 2.31. The Kier molecular flexibility index (Phi) is 2.32. The molecule has 1 atom stereocenters. The first kappa shape index (κ1) is 9.99. The number of fused-ring (bicyclic) bond motifs is 1. The van der Waals surface area contributed by atoms with E-state index in [0.717, 1.165) is 22.2 Å². The molecule has 2 nitrogen and oxygen atoms in total. The van der Waals surface area contributed by atoms with Gasteiger partial charge in [0.1, 0.15) is 11.4 Å². The Hall–Kier alpha value is -0.540. The zero-order valence-electron chi connectivity index (χ0n) is 8.38. The van der Waals surface area contributed by atoms with Crippen LogP contribution >= 0.6 is 15.9 Å². The number of halogens is 1. The van der Waals surface area contributed by atoms with Gasteiger partial charge in [0.2, 0.25) is 0 Å². The van der Waals surface area contributed by atoms with Crippen LogP contribution in [0, 0.1) is 0 Å². The van der Waals surface area contributed by atoms with Crippen LogP contribution in [0.4, 0.5) is 0 Å². The van der Waals surface area contributed by atoms with Gasteiger partial charge in [-0.3, -0.25) is 0 Å². The fraction of sp³-hybridized carbons (Fsp3) is 0.455. The van der Waals surface area contributed by atoms with Crippen molar-refractivity contribution in [1.82, 2.24) is 0 Å². The van der Waals surface area contributed by atoms with Crippen LogP contribution in [0.5, 0.6) is 5.75 Å². The summed E-state index contributed by atoms with van der Waals surface area (Å²) in [6.45, 7) is 4.13. The molecule has 0 saturated carbocycles. The third-order valence-corrected chi connectivity index (χ3v) is 2.96. The molecule has 1 aromatic rings. The molecule has 0 amide bonds. The molecular formula is C11H14BrNO. The molecule has 2 rings (SSSR count). The van der Waals surface area contributed by atoms with Crippen molar-refractivity contribution in [2.24, 2.45) is 5.73 Å². The number of hydrogen-bond donors (Lipinski definition) is 1. The van der Waals surface area contributed by atoms with Gasteiger partial charge in [-0.05, 0) is 32.0 Å². The molecule has 0 unspecified atom stereocenters. The standard InChI is InChI=1S/C11H14BrNO/c1-11(2)6-9(13)8-5-7(12)3-4-10(8)14-11/h3-5,9H,6,13H2,1-2H3/t9-/m0/s1. The van der Waals surface area contributed by atoms with Gasteiger partial charge in [-0.15, -0.1) is 0 Å². The first-order valence-corrected chi connectivity index (χ1v) is 5.51. The van der Waals surface area contributed by atoms with Gasteiger partial charge in [0.15, 0.2) is 0 Å². The SMILES string of the molecule is CC1(C)C[C@H](N)c2cc(Br)ccc2O1. The summed E-state index contributed by atoms with van der Waals surface area (Å²) >= 11 is 3.44. The number of rotatable bonds is 0. The van der Waals surface area contributed by atoms with Gasteiger partial charge in [0.05, 0.1) is 0 Å². The van der Waals surface area contributed by atoms with Crippen molar-refractivity contribution in [3.05, 3.63) is 28.2 Å². The van der Waals surface area contributed by atoms with Gasteiger partial charge >= 0.3 is 0 Å². The summed E-state index contributed by atoms with van der Waals surface area (Å²) in [5, 5.41) is 0. The molecule has 0 aromatic heterocycles. The summed E-state index contributed by atoms with van der Waals surface area (Å²) in [5.41, 5.74) is 7.03. The number of benzene rings is 1. The van der Waals surface area contributed by atoms with Crippen molar-refractivity contribution in [1.29, 1.82) is 0 Å². The molecular weight excluding hydrogens is 242 g/mol. The highest BCUT2D eigenvalue weighted by molar-refractivity contribution is 9.10. The molecule has 0 spiro atoms. The minimum Gasteiger partial charge on any atom is -0.487 e. The number of ether oxygens (including phenoxy) is 1. The molecule has 0 radical (unpaired) electrons. The van der Waals surface area contributed by atoms with Gasteiger partial charge < -0.3 is 10.5 Å². The minimum atomic E-state index is -0.153.